The van der Waals surface area contributed by atoms with E-state index in [0.717, 1.165) is 40.9 Å². The van der Waals surface area contributed by atoms with Gasteiger partial charge in [0.1, 0.15) is 17.3 Å². The molecule has 0 atom stereocenters. The number of benzene rings is 4. The van der Waals surface area contributed by atoms with Crippen LogP contribution in [0.2, 0.25) is 0 Å². The monoisotopic (exact) mass is 583 g/mol. The second-order valence-corrected chi connectivity index (χ2v) is 11.0. The highest BCUT2D eigenvalue weighted by Gasteiger charge is 2.27. The van der Waals surface area contributed by atoms with Crippen LogP contribution in [0.1, 0.15) is 61.6 Å². The van der Waals surface area contributed by atoms with Gasteiger partial charge in [-0.05, 0) is 59.0 Å². The Morgan fingerprint density at radius 3 is 2.00 bits per heavy atom. The van der Waals surface area contributed by atoms with E-state index in [-0.39, 0.29) is 0 Å². The van der Waals surface area contributed by atoms with Gasteiger partial charge in [0.2, 0.25) is 11.6 Å². The molecule has 9 heteroatoms. The Balaban J connectivity index is 1.20. The zero-order chi connectivity index (χ0) is 29.6. The SMILES string of the molecule is c1ccc(OC(Oc2ccccc2)c2nc(Cc3ccc(-c4ccccc4-c4nn[nH]n4)cc3)n(C3CCCCC3)n2)cc1. The lowest BCUT2D eigenvalue weighted by molar-refractivity contribution is -0.00373. The molecule has 0 aliphatic heterocycles. The summed E-state index contributed by atoms with van der Waals surface area (Å²) >= 11 is 0. The fourth-order valence-corrected chi connectivity index (χ4v) is 5.78. The van der Waals surface area contributed by atoms with Gasteiger partial charge in [-0.3, -0.25) is 0 Å². The molecule has 0 bridgehead atoms. The van der Waals surface area contributed by atoms with Crippen molar-refractivity contribution in [2.45, 2.75) is 50.9 Å². The summed E-state index contributed by atoms with van der Waals surface area (Å²) in [5, 5.41) is 19.7. The zero-order valence-electron chi connectivity index (χ0n) is 24.3. The van der Waals surface area contributed by atoms with Crippen LogP contribution in [0.25, 0.3) is 22.5 Å². The van der Waals surface area contributed by atoms with Crippen LogP contribution in [0.5, 0.6) is 11.5 Å². The van der Waals surface area contributed by atoms with Crippen molar-refractivity contribution in [1.82, 2.24) is 35.4 Å². The molecule has 0 radical (unpaired) electrons. The van der Waals surface area contributed by atoms with Crippen LogP contribution in [-0.4, -0.2) is 35.4 Å². The van der Waals surface area contributed by atoms with Gasteiger partial charge >= 0.3 is 6.29 Å². The Morgan fingerprint density at radius 1 is 0.727 bits per heavy atom. The lowest BCUT2D eigenvalue weighted by atomic mass is 9.95. The summed E-state index contributed by atoms with van der Waals surface area (Å²) in [5.74, 6) is 3.39. The highest BCUT2D eigenvalue weighted by atomic mass is 16.7. The van der Waals surface area contributed by atoms with Crippen LogP contribution in [0.3, 0.4) is 0 Å². The number of aromatic amines is 1. The number of hydrogen-bond donors (Lipinski definition) is 1. The van der Waals surface area contributed by atoms with Crippen molar-refractivity contribution in [3.63, 3.8) is 0 Å². The van der Waals surface area contributed by atoms with E-state index in [1.165, 1.54) is 19.3 Å². The number of rotatable bonds is 10. The van der Waals surface area contributed by atoms with Crippen LogP contribution in [0.15, 0.2) is 109 Å². The summed E-state index contributed by atoms with van der Waals surface area (Å²) in [6, 6.07) is 36.3. The van der Waals surface area contributed by atoms with E-state index in [1.54, 1.807) is 0 Å². The first kappa shape index (κ1) is 27.5. The number of nitrogens with zero attached hydrogens (tertiary/aromatic N) is 6. The van der Waals surface area contributed by atoms with Crippen molar-refractivity contribution >= 4 is 0 Å². The molecule has 44 heavy (non-hydrogen) atoms. The number of tetrazole rings is 1. The Bertz CT molecular complexity index is 1720. The summed E-state index contributed by atoms with van der Waals surface area (Å²) in [4.78, 5) is 5.08. The van der Waals surface area contributed by atoms with Crippen molar-refractivity contribution < 1.29 is 9.47 Å². The molecule has 1 aliphatic carbocycles. The zero-order valence-corrected chi connectivity index (χ0v) is 24.3. The maximum atomic E-state index is 6.34. The number of H-pyrrole nitrogens is 1. The van der Waals surface area contributed by atoms with Gasteiger partial charge in [0.25, 0.3) is 0 Å². The predicted molar refractivity (Wildman–Crippen MR) is 167 cm³/mol. The summed E-state index contributed by atoms with van der Waals surface area (Å²) < 4.78 is 14.8. The van der Waals surface area contributed by atoms with E-state index < -0.39 is 6.29 Å². The average Bonchev–Trinajstić information content (AvgIpc) is 3.78. The van der Waals surface area contributed by atoms with Gasteiger partial charge < -0.3 is 9.47 Å². The molecule has 4 aromatic carbocycles. The predicted octanol–water partition coefficient (Wildman–Crippen LogP) is 7.38. The lowest BCUT2D eigenvalue weighted by Crippen LogP contribution is -2.19. The quantitative estimate of drug-likeness (QED) is 0.168. The topological polar surface area (TPSA) is 104 Å². The second kappa shape index (κ2) is 12.9. The van der Waals surface area contributed by atoms with Gasteiger partial charge in [-0.1, -0.05) is 104 Å². The van der Waals surface area contributed by atoms with Crippen LogP contribution < -0.4 is 9.47 Å². The van der Waals surface area contributed by atoms with E-state index in [4.69, 9.17) is 19.6 Å². The standard InChI is InChI=1S/C35H33N7O2/c1-4-12-27(13-5-1)42-32(24-25-20-22-26(23-21-25)30-18-10-11-19-31(30)33-37-40-41-38-33)36-34(39-42)35(43-28-14-6-2-7-15-28)44-29-16-8-3-9-17-29/h2-3,6-11,14-23,27,35H,1,4-5,12-13,24H2,(H,37,38,40,41). The highest BCUT2D eigenvalue weighted by Crippen LogP contribution is 2.33. The minimum Gasteiger partial charge on any atom is -0.448 e. The van der Waals surface area contributed by atoms with Crippen molar-refractivity contribution in [2.75, 3.05) is 0 Å². The molecule has 9 nitrogen and oxygen atoms in total. The molecular formula is C35H33N7O2. The van der Waals surface area contributed by atoms with Crippen molar-refractivity contribution in [3.8, 4) is 34.0 Å². The summed E-state index contributed by atoms with van der Waals surface area (Å²) in [6.45, 7) is 0. The van der Waals surface area contributed by atoms with E-state index in [2.05, 4.69) is 55.6 Å². The fraction of sp³-hybridized carbons (Fsp3) is 0.229. The van der Waals surface area contributed by atoms with Gasteiger partial charge in [0, 0.05) is 12.0 Å². The van der Waals surface area contributed by atoms with Crippen molar-refractivity contribution in [2.24, 2.45) is 0 Å². The molecule has 1 fully saturated rings. The number of hydrogen-bond acceptors (Lipinski definition) is 7. The third-order valence-electron chi connectivity index (χ3n) is 7.96. The average molecular weight is 584 g/mol. The molecule has 1 N–H and O–H groups in total. The maximum absolute atomic E-state index is 6.34. The molecule has 0 unspecified atom stereocenters. The molecule has 1 aliphatic rings. The first-order valence-corrected chi connectivity index (χ1v) is 15.1. The van der Waals surface area contributed by atoms with E-state index in [1.807, 2.05) is 78.9 Å². The molecule has 0 saturated heterocycles. The molecule has 0 amide bonds. The van der Waals surface area contributed by atoms with E-state index >= 15 is 0 Å². The second-order valence-electron chi connectivity index (χ2n) is 11.0. The fourth-order valence-electron chi connectivity index (χ4n) is 5.78. The minimum absolute atomic E-state index is 0.301. The van der Waals surface area contributed by atoms with Gasteiger partial charge in [-0.15, -0.1) is 15.3 Å². The minimum atomic E-state index is -0.799. The van der Waals surface area contributed by atoms with Gasteiger partial charge in [0.15, 0.2) is 0 Å². The highest BCUT2D eigenvalue weighted by molar-refractivity contribution is 5.80. The normalized spacial score (nSPS) is 13.7. The number of para-hydroxylation sites is 2. The van der Waals surface area contributed by atoms with Gasteiger partial charge in [-0.25, -0.2) is 9.67 Å². The van der Waals surface area contributed by atoms with Crippen molar-refractivity contribution in [3.05, 3.63) is 126 Å². The third-order valence-corrected chi connectivity index (χ3v) is 7.96. The summed E-state index contributed by atoms with van der Waals surface area (Å²) in [7, 11) is 0. The first-order valence-electron chi connectivity index (χ1n) is 15.1. The smallest absolute Gasteiger partial charge is 0.303 e. The molecule has 2 heterocycles. The first-order chi connectivity index (χ1) is 21.8. The Labute approximate surface area is 255 Å². The number of ether oxygens (including phenoxy) is 2. The van der Waals surface area contributed by atoms with Crippen LogP contribution in [-0.2, 0) is 6.42 Å². The molecule has 2 aromatic heterocycles. The summed E-state index contributed by atoms with van der Waals surface area (Å²) in [5.41, 5.74) is 4.20. The van der Waals surface area contributed by atoms with Gasteiger partial charge in [0.05, 0.1) is 6.04 Å². The molecular weight excluding hydrogens is 550 g/mol. The Kier molecular flexibility index (Phi) is 8.07. The largest absolute Gasteiger partial charge is 0.448 e. The molecule has 220 valence electrons. The van der Waals surface area contributed by atoms with Crippen LogP contribution in [0.4, 0.5) is 0 Å². The third kappa shape index (κ3) is 6.22. The molecule has 1 saturated carbocycles. The Morgan fingerprint density at radius 2 is 1.36 bits per heavy atom. The van der Waals surface area contributed by atoms with Crippen LogP contribution >= 0.6 is 0 Å². The van der Waals surface area contributed by atoms with Crippen LogP contribution in [0, 0.1) is 0 Å². The van der Waals surface area contributed by atoms with E-state index in [0.29, 0.717) is 35.6 Å². The lowest BCUT2D eigenvalue weighted by Gasteiger charge is -2.23. The van der Waals surface area contributed by atoms with Gasteiger partial charge in [-0.2, -0.15) is 5.21 Å². The number of aromatic nitrogens is 7. The molecule has 6 aromatic rings. The molecule has 0 spiro atoms. The number of nitrogens with one attached hydrogen (secondary N) is 1. The maximum Gasteiger partial charge on any atom is 0.303 e. The van der Waals surface area contributed by atoms with E-state index in [9.17, 15) is 0 Å². The van der Waals surface area contributed by atoms with Crippen molar-refractivity contribution in [1.29, 1.82) is 0 Å². The summed E-state index contributed by atoms with van der Waals surface area (Å²) in [6.07, 6.45) is 5.66. The Hall–Kier alpha value is -5.31. The molecule has 7 rings (SSSR count).